The minimum absolute atomic E-state index is 0.168. The standard InChI is InChI=1S/C21H26O12/c1-8-14(23)16(25)18(27)20(30-8)29-7-12-15(24)17(26)19(28)21(33-12)31-10-4-2-9-3-5-13(22)32-11(9)6-10/h2-6,8,12,14-21,23-28H,7H2,1H3/t8-,12+,14-,15+,16+,17-,18+,19+,20+,21+/m0/s1. The molecular formula is C21H26O12. The van der Waals surface area contributed by atoms with E-state index in [0.717, 1.165) is 0 Å². The second-order valence-electron chi connectivity index (χ2n) is 8.10. The Morgan fingerprint density at radius 1 is 0.818 bits per heavy atom. The molecule has 0 bridgehead atoms. The second kappa shape index (κ2) is 9.62. The van der Waals surface area contributed by atoms with E-state index in [4.69, 9.17) is 23.4 Å². The van der Waals surface area contributed by atoms with E-state index in [0.29, 0.717) is 5.39 Å². The molecule has 33 heavy (non-hydrogen) atoms. The molecule has 2 saturated heterocycles. The summed E-state index contributed by atoms with van der Waals surface area (Å²) in [5.74, 6) is 0.168. The normalized spacial score (nSPS) is 39.5. The van der Waals surface area contributed by atoms with Crippen LogP contribution in [0.5, 0.6) is 5.75 Å². The predicted molar refractivity (Wildman–Crippen MR) is 108 cm³/mol. The third-order valence-corrected chi connectivity index (χ3v) is 5.75. The van der Waals surface area contributed by atoms with Crippen LogP contribution < -0.4 is 10.4 Å². The van der Waals surface area contributed by atoms with Crippen LogP contribution in [0.1, 0.15) is 6.92 Å². The van der Waals surface area contributed by atoms with Crippen molar-refractivity contribution in [2.75, 3.05) is 6.61 Å². The fourth-order valence-electron chi connectivity index (χ4n) is 3.74. The van der Waals surface area contributed by atoms with Gasteiger partial charge in [-0.05, 0) is 25.1 Å². The van der Waals surface area contributed by atoms with Crippen LogP contribution in [-0.4, -0.2) is 98.7 Å². The van der Waals surface area contributed by atoms with Gasteiger partial charge in [0.1, 0.15) is 54.1 Å². The third kappa shape index (κ3) is 4.89. The Morgan fingerprint density at radius 2 is 1.48 bits per heavy atom. The highest BCUT2D eigenvalue weighted by atomic mass is 16.7. The van der Waals surface area contributed by atoms with E-state index in [1.165, 1.54) is 19.1 Å². The van der Waals surface area contributed by atoms with Crippen molar-refractivity contribution in [1.82, 2.24) is 0 Å². The summed E-state index contributed by atoms with van der Waals surface area (Å²) in [5.41, 5.74) is -0.313. The predicted octanol–water partition coefficient (Wildman–Crippen LogP) is -2.18. The summed E-state index contributed by atoms with van der Waals surface area (Å²) in [6, 6.07) is 7.42. The quantitative estimate of drug-likeness (QED) is 0.260. The van der Waals surface area contributed by atoms with Crippen molar-refractivity contribution >= 4 is 11.0 Å². The van der Waals surface area contributed by atoms with Crippen molar-refractivity contribution < 1.29 is 54.0 Å². The van der Waals surface area contributed by atoms with Crippen LogP contribution >= 0.6 is 0 Å². The highest BCUT2D eigenvalue weighted by molar-refractivity contribution is 5.77. The topological polar surface area (TPSA) is 189 Å². The lowest BCUT2D eigenvalue weighted by Gasteiger charge is -2.42. The van der Waals surface area contributed by atoms with Gasteiger partial charge in [-0.3, -0.25) is 0 Å². The average molecular weight is 470 g/mol. The van der Waals surface area contributed by atoms with E-state index in [9.17, 15) is 35.4 Å². The summed E-state index contributed by atoms with van der Waals surface area (Å²) in [7, 11) is 0. The Kier molecular flexibility index (Phi) is 7.00. The van der Waals surface area contributed by atoms with E-state index in [2.05, 4.69) is 0 Å². The van der Waals surface area contributed by atoms with E-state index in [1.807, 2.05) is 0 Å². The van der Waals surface area contributed by atoms with Crippen LogP contribution in [-0.2, 0) is 14.2 Å². The van der Waals surface area contributed by atoms with Crippen molar-refractivity contribution in [1.29, 1.82) is 0 Å². The fourth-order valence-corrected chi connectivity index (χ4v) is 3.74. The van der Waals surface area contributed by atoms with Gasteiger partial charge in [0.2, 0.25) is 6.29 Å². The first-order chi connectivity index (χ1) is 15.7. The molecule has 1 aromatic heterocycles. The molecule has 0 radical (unpaired) electrons. The molecule has 6 N–H and O–H groups in total. The lowest BCUT2D eigenvalue weighted by molar-refractivity contribution is -0.318. The van der Waals surface area contributed by atoms with Crippen molar-refractivity contribution in [3.05, 3.63) is 40.8 Å². The number of benzene rings is 1. The first-order valence-corrected chi connectivity index (χ1v) is 10.4. The number of aliphatic hydroxyl groups excluding tert-OH is 6. The molecule has 182 valence electrons. The monoisotopic (exact) mass is 470 g/mol. The molecule has 0 spiro atoms. The molecule has 12 heteroatoms. The summed E-state index contributed by atoms with van der Waals surface area (Å²) in [5, 5.41) is 61.2. The molecule has 4 rings (SSSR count). The largest absolute Gasteiger partial charge is 0.462 e. The van der Waals surface area contributed by atoms with Crippen molar-refractivity contribution in [3.63, 3.8) is 0 Å². The van der Waals surface area contributed by atoms with Crippen LogP contribution in [0, 0.1) is 0 Å². The van der Waals surface area contributed by atoms with E-state index >= 15 is 0 Å². The zero-order valence-electron chi connectivity index (χ0n) is 17.5. The Hall–Kier alpha value is -2.13. The van der Waals surface area contributed by atoms with E-state index < -0.39 is 73.6 Å². The smallest absolute Gasteiger partial charge is 0.336 e. The molecule has 10 atom stereocenters. The van der Waals surface area contributed by atoms with E-state index in [1.54, 1.807) is 18.2 Å². The minimum Gasteiger partial charge on any atom is -0.462 e. The average Bonchev–Trinajstić information content (AvgIpc) is 2.80. The molecule has 3 heterocycles. The number of fused-ring (bicyclic) bond motifs is 1. The number of hydrogen-bond acceptors (Lipinski definition) is 12. The SMILES string of the molecule is C[C@@H]1O[C@@H](OC[C@H]2O[C@@H](Oc3ccc4ccc(=O)oc4c3)[C@H](O)[C@@H](O)[C@@H]2O)[C@H](O)[C@H](O)[C@H]1O. The van der Waals surface area contributed by atoms with Crippen LogP contribution in [0.15, 0.2) is 39.5 Å². The van der Waals surface area contributed by atoms with Gasteiger partial charge in [0, 0.05) is 17.5 Å². The van der Waals surface area contributed by atoms with Gasteiger partial charge in [-0.25, -0.2) is 4.79 Å². The van der Waals surface area contributed by atoms with Crippen molar-refractivity contribution in [2.45, 2.75) is 68.3 Å². The molecule has 1 aromatic carbocycles. The van der Waals surface area contributed by atoms with Crippen LogP contribution in [0.4, 0.5) is 0 Å². The van der Waals surface area contributed by atoms with E-state index in [-0.39, 0.29) is 11.3 Å². The Balaban J connectivity index is 1.44. The number of rotatable bonds is 5. The lowest BCUT2D eigenvalue weighted by Crippen LogP contribution is -2.61. The van der Waals surface area contributed by atoms with Crippen molar-refractivity contribution in [3.8, 4) is 5.75 Å². The molecule has 0 saturated carbocycles. The zero-order chi connectivity index (χ0) is 23.9. The molecule has 2 aromatic rings. The highest BCUT2D eigenvalue weighted by Gasteiger charge is 2.47. The summed E-state index contributed by atoms with van der Waals surface area (Å²) < 4.78 is 27.0. The van der Waals surface area contributed by atoms with Crippen LogP contribution in [0.2, 0.25) is 0 Å². The maximum absolute atomic E-state index is 11.4. The molecule has 2 fully saturated rings. The molecule has 0 unspecified atom stereocenters. The second-order valence-corrected chi connectivity index (χ2v) is 8.10. The molecule has 2 aliphatic heterocycles. The summed E-state index contributed by atoms with van der Waals surface area (Å²) in [4.78, 5) is 11.4. The van der Waals surface area contributed by atoms with Crippen LogP contribution in [0.3, 0.4) is 0 Å². The van der Waals surface area contributed by atoms with Crippen LogP contribution in [0.25, 0.3) is 11.0 Å². The number of ether oxygens (including phenoxy) is 4. The number of hydrogen-bond donors (Lipinski definition) is 6. The van der Waals surface area contributed by atoms with Gasteiger partial charge < -0.3 is 54.0 Å². The summed E-state index contributed by atoms with van der Waals surface area (Å²) >= 11 is 0. The minimum atomic E-state index is -1.65. The lowest BCUT2D eigenvalue weighted by atomic mass is 9.98. The van der Waals surface area contributed by atoms with Gasteiger partial charge >= 0.3 is 5.63 Å². The first-order valence-electron chi connectivity index (χ1n) is 10.4. The van der Waals surface area contributed by atoms with Crippen molar-refractivity contribution in [2.24, 2.45) is 0 Å². The molecule has 0 amide bonds. The fraction of sp³-hybridized carbons (Fsp3) is 0.571. The van der Waals surface area contributed by atoms with Gasteiger partial charge in [-0.2, -0.15) is 0 Å². The van der Waals surface area contributed by atoms with Gasteiger partial charge in [-0.1, -0.05) is 0 Å². The molecule has 0 aliphatic carbocycles. The van der Waals surface area contributed by atoms with Gasteiger partial charge in [0.15, 0.2) is 6.29 Å². The number of aliphatic hydroxyl groups is 6. The third-order valence-electron chi connectivity index (χ3n) is 5.75. The maximum atomic E-state index is 11.4. The van der Waals surface area contributed by atoms with Gasteiger partial charge in [0.05, 0.1) is 12.7 Å². The highest BCUT2D eigenvalue weighted by Crippen LogP contribution is 2.28. The summed E-state index contributed by atoms with van der Waals surface area (Å²) in [6.07, 6.45) is -14.0. The molecule has 12 nitrogen and oxygen atoms in total. The first kappa shape index (κ1) is 24.0. The maximum Gasteiger partial charge on any atom is 0.336 e. The Bertz CT molecular complexity index is 1010. The zero-order valence-corrected chi connectivity index (χ0v) is 17.5. The van der Waals surface area contributed by atoms with Gasteiger partial charge in [0.25, 0.3) is 0 Å². The Morgan fingerprint density at radius 3 is 2.24 bits per heavy atom. The molecule has 2 aliphatic rings. The molecular weight excluding hydrogens is 444 g/mol. The van der Waals surface area contributed by atoms with Gasteiger partial charge in [-0.15, -0.1) is 0 Å². The summed E-state index contributed by atoms with van der Waals surface area (Å²) in [6.45, 7) is 1.08. The Labute approximate surface area is 187 Å².